The van der Waals surface area contributed by atoms with Crippen molar-refractivity contribution in [2.45, 2.75) is 58.0 Å². The van der Waals surface area contributed by atoms with Gasteiger partial charge in [-0.1, -0.05) is 49.8 Å². The van der Waals surface area contributed by atoms with Crippen LogP contribution in [0.4, 0.5) is 4.39 Å². The molecule has 0 heterocycles. The van der Waals surface area contributed by atoms with Gasteiger partial charge in [-0.25, -0.2) is 4.39 Å². The number of benzene rings is 1. The van der Waals surface area contributed by atoms with E-state index in [-0.39, 0.29) is 5.56 Å². The van der Waals surface area contributed by atoms with Crippen molar-refractivity contribution in [3.63, 3.8) is 0 Å². The van der Waals surface area contributed by atoms with Gasteiger partial charge < -0.3 is 5.11 Å². The highest BCUT2D eigenvalue weighted by Gasteiger charge is 2.40. The fourth-order valence-electron chi connectivity index (χ4n) is 3.15. The van der Waals surface area contributed by atoms with Gasteiger partial charge in [-0.2, -0.15) is 5.26 Å². The molecule has 0 spiro atoms. The van der Waals surface area contributed by atoms with Gasteiger partial charge in [-0.3, -0.25) is 0 Å². The fourth-order valence-corrected chi connectivity index (χ4v) is 3.15. The van der Waals surface area contributed by atoms with Gasteiger partial charge in [0.25, 0.3) is 0 Å². The molecule has 0 radical (unpaired) electrons. The van der Waals surface area contributed by atoms with Crippen molar-refractivity contribution in [3.8, 4) is 6.07 Å². The van der Waals surface area contributed by atoms with Crippen molar-refractivity contribution in [3.05, 3.63) is 35.1 Å². The van der Waals surface area contributed by atoms with Crippen LogP contribution in [0.2, 0.25) is 0 Å². The summed E-state index contributed by atoms with van der Waals surface area (Å²) in [5.74, 6) is -0.417. The highest BCUT2D eigenvalue weighted by atomic mass is 19.1. The van der Waals surface area contributed by atoms with E-state index in [1.54, 1.807) is 12.1 Å². The van der Waals surface area contributed by atoms with Gasteiger partial charge in [-0.05, 0) is 25.8 Å². The standard InChI is InChI=1S/C17H22FNO/c1-13-7-8-15(18)14(11-13)16(20)17(12-19)9-5-3-2-4-6-10-17/h7-8,11,16,20H,2-6,9-10H2,1H3. The molecule has 0 amide bonds. The minimum absolute atomic E-state index is 0.270. The van der Waals surface area contributed by atoms with Crippen LogP contribution >= 0.6 is 0 Å². The monoisotopic (exact) mass is 275 g/mol. The highest BCUT2D eigenvalue weighted by Crippen LogP contribution is 2.44. The van der Waals surface area contributed by atoms with E-state index in [2.05, 4.69) is 6.07 Å². The van der Waals surface area contributed by atoms with Crippen molar-refractivity contribution in [2.24, 2.45) is 5.41 Å². The van der Waals surface area contributed by atoms with E-state index in [1.165, 1.54) is 12.5 Å². The predicted molar refractivity (Wildman–Crippen MR) is 76.5 cm³/mol. The second-order valence-corrected chi connectivity index (χ2v) is 5.96. The van der Waals surface area contributed by atoms with Gasteiger partial charge in [0, 0.05) is 5.56 Å². The molecule has 1 unspecified atom stereocenters. The first kappa shape index (κ1) is 15.0. The maximum atomic E-state index is 14.0. The summed E-state index contributed by atoms with van der Waals surface area (Å²) in [4.78, 5) is 0. The number of rotatable bonds is 2. The molecule has 1 aromatic rings. The molecular weight excluding hydrogens is 253 g/mol. The lowest BCUT2D eigenvalue weighted by molar-refractivity contribution is 0.0406. The molecule has 0 saturated heterocycles. The second-order valence-electron chi connectivity index (χ2n) is 5.96. The topological polar surface area (TPSA) is 44.0 Å². The summed E-state index contributed by atoms with van der Waals surface area (Å²) in [6.45, 7) is 1.87. The molecule has 0 bridgehead atoms. The first-order valence-corrected chi connectivity index (χ1v) is 7.44. The molecule has 2 nitrogen and oxygen atoms in total. The van der Waals surface area contributed by atoms with Crippen LogP contribution in [-0.4, -0.2) is 5.11 Å². The Hall–Kier alpha value is -1.40. The smallest absolute Gasteiger partial charge is 0.129 e. The number of aliphatic hydroxyl groups is 1. The Morgan fingerprint density at radius 3 is 2.40 bits per heavy atom. The molecule has 1 aromatic carbocycles. The molecule has 1 aliphatic carbocycles. The molecular formula is C17H22FNO. The van der Waals surface area contributed by atoms with Crippen molar-refractivity contribution in [1.82, 2.24) is 0 Å². The van der Waals surface area contributed by atoms with E-state index >= 15 is 0 Å². The zero-order valence-corrected chi connectivity index (χ0v) is 12.0. The lowest BCUT2D eigenvalue weighted by atomic mass is 9.71. The minimum atomic E-state index is -1.04. The number of aryl methyl sites for hydroxylation is 1. The molecule has 1 saturated carbocycles. The summed E-state index contributed by atoms with van der Waals surface area (Å²) in [5.41, 5.74) is 0.334. The Labute approximate surface area is 120 Å². The number of halogens is 1. The first-order valence-electron chi connectivity index (χ1n) is 7.44. The van der Waals surface area contributed by atoms with Crippen LogP contribution < -0.4 is 0 Å². The van der Waals surface area contributed by atoms with Crippen molar-refractivity contribution in [1.29, 1.82) is 5.26 Å². The summed E-state index contributed by atoms with van der Waals surface area (Å²) < 4.78 is 14.0. The van der Waals surface area contributed by atoms with Crippen molar-refractivity contribution in [2.75, 3.05) is 0 Å². The molecule has 1 fully saturated rings. The normalized spacial score (nSPS) is 20.5. The van der Waals surface area contributed by atoms with E-state index in [9.17, 15) is 14.8 Å². The van der Waals surface area contributed by atoms with E-state index in [0.29, 0.717) is 12.8 Å². The maximum Gasteiger partial charge on any atom is 0.129 e. The van der Waals surface area contributed by atoms with Gasteiger partial charge in [0.15, 0.2) is 0 Å². The van der Waals surface area contributed by atoms with E-state index < -0.39 is 17.3 Å². The average molecular weight is 275 g/mol. The molecule has 1 aliphatic rings. The Kier molecular flexibility index (Phi) is 4.77. The molecule has 0 aromatic heterocycles. The molecule has 3 heteroatoms. The Morgan fingerprint density at radius 2 is 1.80 bits per heavy atom. The maximum absolute atomic E-state index is 14.0. The first-order chi connectivity index (χ1) is 9.59. The molecule has 1 atom stereocenters. The number of hydrogen-bond donors (Lipinski definition) is 1. The third-order valence-electron chi connectivity index (χ3n) is 4.44. The number of hydrogen-bond acceptors (Lipinski definition) is 2. The van der Waals surface area contributed by atoms with Gasteiger partial charge >= 0.3 is 0 Å². The van der Waals surface area contributed by atoms with Crippen molar-refractivity contribution >= 4 is 0 Å². The fraction of sp³-hybridized carbons (Fsp3) is 0.588. The third-order valence-corrected chi connectivity index (χ3v) is 4.44. The second kappa shape index (κ2) is 6.37. The summed E-state index contributed by atoms with van der Waals surface area (Å²) >= 11 is 0. The molecule has 20 heavy (non-hydrogen) atoms. The van der Waals surface area contributed by atoms with Crippen LogP contribution in [0.5, 0.6) is 0 Å². The van der Waals surface area contributed by atoms with Crippen LogP contribution in [0.25, 0.3) is 0 Å². The Bertz CT molecular complexity index is 498. The zero-order valence-electron chi connectivity index (χ0n) is 12.0. The van der Waals surface area contributed by atoms with Crippen LogP contribution in [0, 0.1) is 29.5 Å². The summed E-state index contributed by atoms with van der Waals surface area (Å²) in [7, 11) is 0. The summed E-state index contributed by atoms with van der Waals surface area (Å²) in [6, 6.07) is 7.04. The SMILES string of the molecule is Cc1ccc(F)c(C(O)C2(C#N)CCCCCCC2)c1. The third kappa shape index (κ3) is 3.02. The molecule has 2 rings (SSSR count). The lowest BCUT2D eigenvalue weighted by Gasteiger charge is -2.33. The van der Waals surface area contributed by atoms with Crippen LogP contribution in [0.15, 0.2) is 18.2 Å². The Morgan fingerprint density at radius 1 is 1.20 bits per heavy atom. The largest absolute Gasteiger partial charge is 0.387 e. The highest BCUT2D eigenvalue weighted by molar-refractivity contribution is 5.29. The number of nitrogens with zero attached hydrogens (tertiary/aromatic N) is 1. The van der Waals surface area contributed by atoms with Gasteiger partial charge in [-0.15, -0.1) is 0 Å². The lowest BCUT2D eigenvalue weighted by Crippen LogP contribution is -2.29. The van der Waals surface area contributed by atoms with E-state index in [1.807, 2.05) is 6.92 Å². The summed E-state index contributed by atoms with van der Waals surface area (Å²) in [6.07, 6.45) is 5.49. The van der Waals surface area contributed by atoms with Crippen LogP contribution in [0.1, 0.15) is 62.2 Å². The van der Waals surface area contributed by atoms with Crippen LogP contribution in [0.3, 0.4) is 0 Å². The molecule has 1 N–H and O–H groups in total. The Balaban J connectivity index is 2.33. The predicted octanol–water partition coefficient (Wildman–Crippen LogP) is 4.42. The number of aliphatic hydroxyl groups excluding tert-OH is 1. The van der Waals surface area contributed by atoms with E-state index in [4.69, 9.17) is 0 Å². The van der Waals surface area contributed by atoms with E-state index in [0.717, 1.165) is 31.2 Å². The van der Waals surface area contributed by atoms with Gasteiger partial charge in [0.05, 0.1) is 11.5 Å². The summed E-state index contributed by atoms with van der Waals surface area (Å²) in [5, 5.41) is 20.3. The van der Waals surface area contributed by atoms with Gasteiger partial charge in [0.1, 0.15) is 11.9 Å². The zero-order chi connectivity index (χ0) is 14.6. The minimum Gasteiger partial charge on any atom is -0.387 e. The average Bonchev–Trinajstić information content (AvgIpc) is 2.41. The molecule has 0 aliphatic heterocycles. The van der Waals surface area contributed by atoms with Crippen molar-refractivity contribution < 1.29 is 9.50 Å². The quantitative estimate of drug-likeness (QED) is 0.868. The van der Waals surface area contributed by atoms with Crippen LogP contribution in [-0.2, 0) is 0 Å². The number of nitriles is 1. The van der Waals surface area contributed by atoms with Gasteiger partial charge in [0.2, 0.25) is 0 Å². The molecule has 108 valence electrons.